The van der Waals surface area contributed by atoms with Gasteiger partial charge in [0.05, 0.1) is 6.04 Å². The van der Waals surface area contributed by atoms with Crippen LogP contribution in [0, 0.1) is 0 Å². The molecule has 2 saturated heterocycles. The van der Waals surface area contributed by atoms with Gasteiger partial charge in [0.1, 0.15) is 0 Å². The Bertz CT molecular complexity index is 432. The number of halogens is 1. The van der Waals surface area contributed by atoms with E-state index in [1.807, 2.05) is 29.2 Å². The van der Waals surface area contributed by atoms with E-state index in [-0.39, 0.29) is 5.91 Å². The molecule has 90 valence electrons. The van der Waals surface area contributed by atoms with Gasteiger partial charge in [0, 0.05) is 22.6 Å². The van der Waals surface area contributed by atoms with Crippen molar-refractivity contribution in [1.29, 1.82) is 0 Å². The van der Waals surface area contributed by atoms with Crippen LogP contribution in [-0.2, 0) is 4.79 Å². The van der Waals surface area contributed by atoms with Gasteiger partial charge in [-0.1, -0.05) is 15.9 Å². The molecule has 4 heteroatoms. The predicted molar refractivity (Wildman–Crippen MR) is 71.1 cm³/mol. The van der Waals surface area contributed by atoms with Crippen LogP contribution in [0.2, 0.25) is 0 Å². The first kappa shape index (κ1) is 11.2. The summed E-state index contributed by atoms with van der Waals surface area (Å²) < 4.78 is 1.05. The lowest BCUT2D eigenvalue weighted by atomic mass is 9.99. The number of carbonyl (C=O) groups is 1. The molecule has 0 spiro atoms. The van der Waals surface area contributed by atoms with Crippen molar-refractivity contribution in [2.75, 3.05) is 11.4 Å². The largest absolute Gasteiger partial charge is 0.311 e. The summed E-state index contributed by atoms with van der Waals surface area (Å²) >= 11 is 3.42. The maximum atomic E-state index is 12.1. The van der Waals surface area contributed by atoms with E-state index in [9.17, 15) is 4.79 Å². The Balaban J connectivity index is 1.90. The molecule has 1 amide bonds. The molecule has 17 heavy (non-hydrogen) atoms. The Morgan fingerprint density at radius 1 is 1.29 bits per heavy atom. The second kappa shape index (κ2) is 4.42. The number of nitrogens with one attached hydrogen (secondary N) is 1. The topological polar surface area (TPSA) is 32.3 Å². The highest BCUT2D eigenvalue weighted by Gasteiger charge is 2.41. The van der Waals surface area contributed by atoms with Crippen molar-refractivity contribution in [3.8, 4) is 0 Å². The Hall–Kier alpha value is -0.870. The molecular weight excluding hydrogens is 280 g/mol. The number of hydrogen-bond donors (Lipinski definition) is 1. The van der Waals surface area contributed by atoms with Crippen molar-refractivity contribution in [3.05, 3.63) is 28.7 Å². The van der Waals surface area contributed by atoms with Gasteiger partial charge < -0.3 is 10.2 Å². The van der Waals surface area contributed by atoms with Crippen LogP contribution in [0.5, 0.6) is 0 Å². The minimum Gasteiger partial charge on any atom is -0.311 e. The van der Waals surface area contributed by atoms with E-state index in [2.05, 4.69) is 21.2 Å². The number of amides is 1. The average Bonchev–Trinajstić information content (AvgIpc) is 2.66. The van der Waals surface area contributed by atoms with Crippen LogP contribution < -0.4 is 10.2 Å². The highest BCUT2D eigenvalue weighted by atomic mass is 79.9. The molecule has 2 fully saturated rings. The normalized spacial score (nSPS) is 28.3. The molecule has 2 aliphatic heterocycles. The molecule has 2 heterocycles. The molecule has 2 aliphatic rings. The summed E-state index contributed by atoms with van der Waals surface area (Å²) in [5.41, 5.74) is 1.02. The monoisotopic (exact) mass is 294 g/mol. The second-order valence-electron chi connectivity index (χ2n) is 4.71. The first-order chi connectivity index (χ1) is 8.25. The maximum absolute atomic E-state index is 12.1. The van der Waals surface area contributed by atoms with E-state index >= 15 is 0 Å². The van der Waals surface area contributed by atoms with Crippen LogP contribution in [0.1, 0.15) is 19.3 Å². The van der Waals surface area contributed by atoms with Crippen LogP contribution in [0.15, 0.2) is 28.7 Å². The first-order valence-corrected chi connectivity index (χ1v) is 6.86. The lowest BCUT2D eigenvalue weighted by molar-refractivity contribution is -0.117. The molecule has 1 aromatic carbocycles. The van der Waals surface area contributed by atoms with Gasteiger partial charge in [-0.15, -0.1) is 0 Å². The molecule has 0 radical (unpaired) electrons. The van der Waals surface area contributed by atoms with Crippen LogP contribution in [-0.4, -0.2) is 24.5 Å². The Morgan fingerprint density at radius 3 is 2.82 bits per heavy atom. The zero-order valence-electron chi connectivity index (χ0n) is 9.53. The van der Waals surface area contributed by atoms with Crippen molar-refractivity contribution >= 4 is 27.5 Å². The second-order valence-corrected chi connectivity index (χ2v) is 5.63. The average molecular weight is 295 g/mol. The van der Waals surface area contributed by atoms with E-state index in [0.717, 1.165) is 29.5 Å². The fraction of sp³-hybridized carbons (Fsp3) is 0.462. The van der Waals surface area contributed by atoms with Crippen LogP contribution >= 0.6 is 15.9 Å². The van der Waals surface area contributed by atoms with Crippen LogP contribution in [0.4, 0.5) is 5.69 Å². The van der Waals surface area contributed by atoms with Crippen LogP contribution in [0.3, 0.4) is 0 Å². The lowest BCUT2D eigenvalue weighted by Crippen LogP contribution is -2.47. The maximum Gasteiger partial charge on any atom is 0.228 e. The van der Waals surface area contributed by atoms with Crippen LogP contribution in [0.25, 0.3) is 0 Å². The molecule has 0 aliphatic carbocycles. The van der Waals surface area contributed by atoms with Crippen molar-refractivity contribution in [3.63, 3.8) is 0 Å². The first-order valence-electron chi connectivity index (χ1n) is 6.07. The molecule has 1 aromatic rings. The summed E-state index contributed by atoms with van der Waals surface area (Å²) in [4.78, 5) is 14.1. The number of carbonyl (C=O) groups excluding carboxylic acids is 1. The van der Waals surface area contributed by atoms with Gasteiger partial charge in [0.25, 0.3) is 0 Å². The fourth-order valence-electron chi connectivity index (χ4n) is 2.86. The molecule has 2 unspecified atom stereocenters. The minimum absolute atomic E-state index is 0.247. The summed E-state index contributed by atoms with van der Waals surface area (Å²) in [7, 11) is 0. The number of hydrogen-bond acceptors (Lipinski definition) is 2. The van der Waals surface area contributed by atoms with Crippen molar-refractivity contribution < 1.29 is 4.79 Å². The number of anilines is 1. The van der Waals surface area contributed by atoms with Gasteiger partial charge in [-0.05, 0) is 43.7 Å². The SMILES string of the molecule is O=C1CC2NCCCC2N1c1ccc(Br)cc1. The third-order valence-electron chi connectivity index (χ3n) is 3.65. The van der Waals surface area contributed by atoms with Gasteiger partial charge in [0.15, 0.2) is 0 Å². The third-order valence-corrected chi connectivity index (χ3v) is 4.18. The van der Waals surface area contributed by atoms with E-state index in [4.69, 9.17) is 0 Å². The quantitative estimate of drug-likeness (QED) is 0.862. The highest BCUT2D eigenvalue weighted by molar-refractivity contribution is 9.10. The molecule has 0 bridgehead atoms. The van der Waals surface area contributed by atoms with Gasteiger partial charge in [-0.2, -0.15) is 0 Å². The smallest absolute Gasteiger partial charge is 0.228 e. The summed E-state index contributed by atoms with van der Waals surface area (Å²) in [6, 6.07) is 8.70. The zero-order valence-corrected chi connectivity index (χ0v) is 11.1. The van der Waals surface area contributed by atoms with Crippen molar-refractivity contribution in [2.24, 2.45) is 0 Å². The molecule has 3 rings (SSSR count). The fourth-order valence-corrected chi connectivity index (χ4v) is 3.13. The third kappa shape index (κ3) is 2.00. The van der Waals surface area contributed by atoms with Gasteiger partial charge in [-0.3, -0.25) is 4.79 Å². The molecule has 1 N–H and O–H groups in total. The lowest BCUT2D eigenvalue weighted by Gasteiger charge is -2.32. The molecule has 0 aromatic heterocycles. The zero-order chi connectivity index (χ0) is 11.8. The Labute approximate surface area is 109 Å². The molecule has 0 saturated carbocycles. The highest BCUT2D eigenvalue weighted by Crippen LogP contribution is 2.31. The van der Waals surface area contributed by atoms with Gasteiger partial charge >= 0.3 is 0 Å². The summed E-state index contributed by atoms with van der Waals surface area (Å²) in [6.07, 6.45) is 2.90. The number of nitrogens with zero attached hydrogens (tertiary/aromatic N) is 1. The standard InChI is InChI=1S/C13H15BrN2O/c14-9-3-5-10(6-4-9)16-12-2-1-7-15-11(12)8-13(16)17/h3-6,11-12,15H,1-2,7-8H2. The number of rotatable bonds is 1. The van der Waals surface area contributed by atoms with E-state index in [1.54, 1.807) is 0 Å². The molecule has 3 nitrogen and oxygen atoms in total. The predicted octanol–water partition coefficient (Wildman–Crippen LogP) is 2.31. The van der Waals surface area contributed by atoms with Gasteiger partial charge in [0.2, 0.25) is 5.91 Å². The van der Waals surface area contributed by atoms with Gasteiger partial charge in [-0.25, -0.2) is 0 Å². The van der Waals surface area contributed by atoms with Crippen molar-refractivity contribution in [2.45, 2.75) is 31.3 Å². The Kier molecular flexibility index (Phi) is 2.92. The van der Waals surface area contributed by atoms with E-state index in [0.29, 0.717) is 18.5 Å². The summed E-state index contributed by atoms with van der Waals surface area (Å²) in [6.45, 7) is 1.04. The number of fused-ring (bicyclic) bond motifs is 1. The van der Waals surface area contributed by atoms with Crippen molar-refractivity contribution in [1.82, 2.24) is 5.32 Å². The summed E-state index contributed by atoms with van der Waals surface area (Å²) in [5.74, 6) is 0.247. The van der Waals surface area contributed by atoms with E-state index in [1.165, 1.54) is 0 Å². The number of piperidine rings is 1. The molecular formula is C13H15BrN2O. The molecule has 2 atom stereocenters. The number of benzene rings is 1. The van der Waals surface area contributed by atoms with E-state index < -0.39 is 0 Å². The minimum atomic E-state index is 0.247. The Morgan fingerprint density at radius 2 is 2.06 bits per heavy atom. The summed E-state index contributed by atoms with van der Waals surface area (Å²) in [5, 5.41) is 3.45.